The Morgan fingerprint density at radius 1 is 1.07 bits per heavy atom. The summed E-state index contributed by atoms with van der Waals surface area (Å²) in [6, 6.07) is 9.66. The van der Waals surface area contributed by atoms with Gasteiger partial charge >= 0.3 is 0 Å². The molecule has 0 atom stereocenters. The Morgan fingerprint density at radius 3 is 2.38 bits per heavy atom. The average molecular weight is 437 g/mol. The first kappa shape index (κ1) is 21.6. The van der Waals surface area contributed by atoms with Crippen molar-refractivity contribution in [2.24, 2.45) is 0 Å². The highest BCUT2D eigenvalue weighted by Gasteiger charge is 2.27. The molecule has 0 aliphatic carbocycles. The predicted octanol–water partition coefficient (Wildman–Crippen LogP) is 4.47. The standard InChI is InChI=1S/C21H25ClN2O4S/c1-15-7-8-16(21(25)23-17-9-10-19(28-2)18(22)14-17)13-20(15)29(26,27)24-11-5-3-4-6-12-24/h7-10,13-14H,3-6,11-12H2,1-2H3,(H,23,25). The number of halogens is 1. The number of carbonyl (C=O) groups is 1. The Kier molecular flexibility index (Phi) is 6.82. The Labute approximate surface area is 176 Å². The maximum atomic E-state index is 13.2. The summed E-state index contributed by atoms with van der Waals surface area (Å²) < 4.78 is 33.0. The van der Waals surface area contributed by atoms with E-state index in [1.54, 1.807) is 37.3 Å². The van der Waals surface area contributed by atoms with Gasteiger partial charge in [0.25, 0.3) is 5.91 Å². The van der Waals surface area contributed by atoms with Gasteiger partial charge in [-0.25, -0.2) is 8.42 Å². The van der Waals surface area contributed by atoms with E-state index in [0.29, 0.717) is 35.1 Å². The highest BCUT2D eigenvalue weighted by atomic mass is 35.5. The topological polar surface area (TPSA) is 75.7 Å². The summed E-state index contributed by atoms with van der Waals surface area (Å²) in [5.41, 5.74) is 1.40. The summed E-state index contributed by atoms with van der Waals surface area (Å²) in [6.07, 6.45) is 3.79. The van der Waals surface area contributed by atoms with E-state index in [9.17, 15) is 13.2 Å². The van der Waals surface area contributed by atoms with Gasteiger partial charge in [0.1, 0.15) is 5.75 Å². The van der Waals surface area contributed by atoms with Gasteiger partial charge in [0.05, 0.1) is 17.0 Å². The lowest BCUT2D eigenvalue weighted by molar-refractivity contribution is 0.102. The molecule has 0 aromatic heterocycles. The zero-order valence-corrected chi connectivity index (χ0v) is 18.1. The minimum absolute atomic E-state index is 0.180. The number of hydrogen-bond donors (Lipinski definition) is 1. The summed E-state index contributed by atoms with van der Waals surface area (Å²) in [5.74, 6) is 0.101. The molecule has 0 saturated carbocycles. The Balaban J connectivity index is 1.86. The van der Waals surface area contributed by atoms with Gasteiger partial charge in [-0.15, -0.1) is 0 Å². The number of carbonyl (C=O) groups excluding carboxylic acids is 1. The Morgan fingerprint density at radius 2 is 1.76 bits per heavy atom. The molecule has 0 radical (unpaired) electrons. The minimum Gasteiger partial charge on any atom is -0.495 e. The molecule has 1 aliphatic rings. The molecular formula is C21H25ClN2O4S. The molecule has 1 amide bonds. The third kappa shape index (κ3) is 4.91. The fourth-order valence-corrected chi connectivity index (χ4v) is 5.41. The van der Waals surface area contributed by atoms with Gasteiger partial charge in [-0.05, 0) is 55.7 Å². The first-order chi connectivity index (χ1) is 13.8. The highest BCUT2D eigenvalue weighted by molar-refractivity contribution is 7.89. The number of nitrogens with one attached hydrogen (secondary N) is 1. The number of sulfonamides is 1. The van der Waals surface area contributed by atoms with Crippen molar-refractivity contribution in [1.29, 1.82) is 0 Å². The maximum Gasteiger partial charge on any atom is 0.255 e. The van der Waals surface area contributed by atoms with Gasteiger partial charge < -0.3 is 10.1 Å². The molecule has 0 unspecified atom stereocenters. The zero-order valence-electron chi connectivity index (χ0n) is 16.6. The van der Waals surface area contributed by atoms with E-state index in [2.05, 4.69) is 5.32 Å². The van der Waals surface area contributed by atoms with Crippen LogP contribution in [0, 0.1) is 6.92 Å². The largest absolute Gasteiger partial charge is 0.495 e. The summed E-state index contributed by atoms with van der Waals surface area (Å²) in [7, 11) is -2.13. The molecule has 2 aromatic carbocycles. The Hall–Kier alpha value is -2.09. The predicted molar refractivity (Wildman–Crippen MR) is 114 cm³/mol. The number of hydrogen-bond acceptors (Lipinski definition) is 4. The van der Waals surface area contributed by atoms with Crippen molar-refractivity contribution in [3.8, 4) is 5.75 Å². The van der Waals surface area contributed by atoms with Gasteiger partial charge in [0, 0.05) is 24.3 Å². The lowest BCUT2D eigenvalue weighted by atomic mass is 10.1. The zero-order chi connectivity index (χ0) is 21.0. The molecule has 1 fully saturated rings. The van der Waals surface area contributed by atoms with Crippen LogP contribution in [0.4, 0.5) is 5.69 Å². The van der Waals surface area contributed by atoms with E-state index in [0.717, 1.165) is 25.7 Å². The third-order valence-corrected chi connectivity index (χ3v) is 7.38. The second kappa shape index (κ2) is 9.15. The fourth-order valence-electron chi connectivity index (χ4n) is 3.39. The molecular weight excluding hydrogens is 412 g/mol. The van der Waals surface area contributed by atoms with Gasteiger partial charge in [-0.1, -0.05) is 30.5 Å². The first-order valence-electron chi connectivity index (χ1n) is 9.58. The smallest absolute Gasteiger partial charge is 0.255 e. The van der Waals surface area contributed by atoms with E-state index >= 15 is 0 Å². The molecule has 3 rings (SSSR count). The van der Waals surface area contributed by atoms with Crippen LogP contribution in [0.1, 0.15) is 41.6 Å². The molecule has 6 nitrogen and oxygen atoms in total. The number of methoxy groups -OCH3 is 1. The van der Waals surface area contributed by atoms with E-state index in [1.165, 1.54) is 17.5 Å². The van der Waals surface area contributed by atoms with E-state index < -0.39 is 15.9 Å². The van der Waals surface area contributed by atoms with Crippen LogP contribution in [0.2, 0.25) is 5.02 Å². The number of amides is 1. The van der Waals surface area contributed by atoms with Crippen molar-refractivity contribution in [2.45, 2.75) is 37.5 Å². The first-order valence-corrected chi connectivity index (χ1v) is 11.4. The van der Waals surface area contributed by atoms with Crippen molar-refractivity contribution in [2.75, 3.05) is 25.5 Å². The quantitative estimate of drug-likeness (QED) is 0.750. The van der Waals surface area contributed by atoms with Gasteiger partial charge in [0.15, 0.2) is 0 Å². The van der Waals surface area contributed by atoms with Crippen LogP contribution in [0.25, 0.3) is 0 Å². The second-order valence-electron chi connectivity index (χ2n) is 7.10. The van der Waals surface area contributed by atoms with Crippen LogP contribution in [0.5, 0.6) is 5.75 Å². The van der Waals surface area contributed by atoms with Crippen molar-refractivity contribution in [1.82, 2.24) is 4.31 Å². The molecule has 1 saturated heterocycles. The molecule has 29 heavy (non-hydrogen) atoms. The minimum atomic E-state index is -3.64. The van der Waals surface area contributed by atoms with E-state index in [4.69, 9.17) is 16.3 Å². The normalized spacial score (nSPS) is 15.6. The van der Waals surface area contributed by atoms with Crippen LogP contribution in [0.3, 0.4) is 0 Å². The molecule has 1 N–H and O–H groups in total. The van der Waals surface area contributed by atoms with E-state index in [-0.39, 0.29) is 10.5 Å². The number of nitrogens with zero attached hydrogens (tertiary/aromatic N) is 1. The van der Waals surface area contributed by atoms with E-state index in [1.807, 2.05) is 0 Å². The molecule has 1 heterocycles. The van der Waals surface area contributed by atoms with Crippen LogP contribution in [-0.2, 0) is 10.0 Å². The highest BCUT2D eigenvalue weighted by Crippen LogP contribution is 2.28. The molecule has 156 valence electrons. The maximum absolute atomic E-state index is 13.2. The lowest BCUT2D eigenvalue weighted by Crippen LogP contribution is -2.32. The van der Waals surface area contributed by atoms with Crippen molar-refractivity contribution < 1.29 is 17.9 Å². The average Bonchev–Trinajstić information content (AvgIpc) is 2.98. The number of ether oxygens (including phenoxy) is 1. The number of aryl methyl sites for hydroxylation is 1. The fraction of sp³-hybridized carbons (Fsp3) is 0.381. The van der Waals surface area contributed by atoms with Crippen molar-refractivity contribution in [3.63, 3.8) is 0 Å². The molecule has 1 aliphatic heterocycles. The van der Waals surface area contributed by atoms with Gasteiger partial charge in [-0.3, -0.25) is 4.79 Å². The van der Waals surface area contributed by atoms with Crippen LogP contribution in [0.15, 0.2) is 41.3 Å². The van der Waals surface area contributed by atoms with Crippen molar-refractivity contribution >= 4 is 33.2 Å². The summed E-state index contributed by atoms with van der Waals surface area (Å²) >= 11 is 6.10. The monoisotopic (exact) mass is 436 g/mol. The second-order valence-corrected chi connectivity index (χ2v) is 9.42. The van der Waals surface area contributed by atoms with Crippen LogP contribution in [-0.4, -0.2) is 38.8 Å². The summed E-state index contributed by atoms with van der Waals surface area (Å²) in [5, 5.41) is 3.12. The summed E-state index contributed by atoms with van der Waals surface area (Å²) in [6.45, 7) is 2.78. The molecule has 0 bridgehead atoms. The number of anilines is 1. The van der Waals surface area contributed by atoms with Crippen molar-refractivity contribution in [3.05, 3.63) is 52.5 Å². The number of rotatable bonds is 5. The summed E-state index contributed by atoms with van der Waals surface area (Å²) in [4.78, 5) is 12.9. The van der Waals surface area contributed by atoms with Gasteiger partial charge in [0.2, 0.25) is 10.0 Å². The van der Waals surface area contributed by atoms with Gasteiger partial charge in [-0.2, -0.15) is 4.31 Å². The molecule has 0 spiro atoms. The molecule has 8 heteroatoms. The molecule has 2 aromatic rings. The number of benzene rings is 2. The SMILES string of the molecule is COc1ccc(NC(=O)c2ccc(C)c(S(=O)(=O)N3CCCCCC3)c2)cc1Cl. The third-order valence-electron chi connectivity index (χ3n) is 5.04. The lowest BCUT2D eigenvalue weighted by Gasteiger charge is -2.21. The van der Waals surface area contributed by atoms with Crippen LogP contribution >= 0.6 is 11.6 Å². The van der Waals surface area contributed by atoms with Crippen LogP contribution < -0.4 is 10.1 Å². The Bertz CT molecular complexity index is 1000.